The summed E-state index contributed by atoms with van der Waals surface area (Å²) >= 11 is 0. The summed E-state index contributed by atoms with van der Waals surface area (Å²) in [6, 6.07) is 11.1. The van der Waals surface area contributed by atoms with Crippen LogP contribution in [0.1, 0.15) is 42.1 Å². The third-order valence-corrected chi connectivity index (χ3v) is 6.72. The summed E-state index contributed by atoms with van der Waals surface area (Å²) in [6.07, 6.45) is 1.60. The van der Waals surface area contributed by atoms with E-state index >= 15 is 0 Å². The Labute approximate surface area is 194 Å². The van der Waals surface area contributed by atoms with E-state index in [-0.39, 0.29) is 35.9 Å². The Bertz CT molecular complexity index is 1170. The van der Waals surface area contributed by atoms with Crippen LogP contribution in [0.25, 0.3) is 11.4 Å². The molecule has 1 saturated carbocycles. The van der Waals surface area contributed by atoms with Crippen LogP contribution >= 0.6 is 0 Å². The van der Waals surface area contributed by atoms with Gasteiger partial charge in [-0.15, -0.1) is 0 Å². The van der Waals surface area contributed by atoms with Crippen LogP contribution in [0.4, 0.5) is 13.2 Å². The number of likely N-dealkylation sites (tertiary alicyclic amines) is 1. The van der Waals surface area contributed by atoms with Crippen molar-refractivity contribution in [2.45, 2.75) is 50.6 Å². The minimum absolute atomic E-state index is 0.0719. The zero-order chi connectivity index (χ0) is 23.9. The van der Waals surface area contributed by atoms with Gasteiger partial charge in [0.25, 0.3) is 5.91 Å². The summed E-state index contributed by atoms with van der Waals surface area (Å²) in [6.45, 7) is 2.06. The fraction of sp³-hybridized carbons (Fsp3) is 0.360. The number of hydrogen-bond donors (Lipinski definition) is 0. The number of benzene rings is 1. The lowest BCUT2D eigenvalue weighted by Gasteiger charge is -2.39. The number of ether oxygens (including phenoxy) is 1. The van der Waals surface area contributed by atoms with E-state index in [0.29, 0.717) is 17.0 Å². The molecule has 3 heterocycles. The molecule has 9 heteroatoms. The monoisotopic (exact) mass is 468 g/mol. The number of piperidine rings is 1. The molecule has 4 atom stereocenters. The van der Waals surface area contributed by atoms with Gasteiger partial charge in [-0.05, 0) is 43.4 Å². The molecule has 34 heavy (non-hydrogen) atoms. The molecule has 1 aliphatic heterocycles. The van der Waals surface area contributed by atoms with Gasteiger partial charge in [-0.1, -0.05) is 25.1 Å². The van der Waals surface area contributed by atoms with E-state index < -0.39 is 11.7 Å². The molecule has 0 spiro atoms. The number of alkyl halides is 3. The van der Waals surface area contributed by atoms with E-state index in [9.17, 15) is 18.0 Å². The highest BCUT2D eigenvalue weighted by atomic mass is 19.4. The second-order valence-corrected chi connectivity index (χ2v) is 8.64. The largest absolute Gasteiger partial charge is 0.472 e. The van der Waals surface area contributed by atoms with Crippen LogP contribution in [0.15, 0.2) is 61.1 Å². The first-order valence-corrected chi connectivity index (χ1v) is 11.3. The predicted octanol–water partition coefficient (Wildman–Crippen LogP) is 5.02. The molecule has 2 aromatic heterocycles. The SMILES string of the molecule is CC[C@@H]1[C@H]2C[C@@H](Oc3ccc(C(F)(F)F)cn3)[C@H](C2)N1C(=O)c1ccccc1-c1ncccn1. The average molecular weight is 468 g/mol. The summed E-state index contributed by atoms with van der Waals surface area (Å²) in [7, 11) is 0. The Morgan fingerprint density at radius 2 is 1.82 bits per heavy atom. The highest BCUT2D eigenvalue weighted by molar-refractivity contribution is 6.00. The van der Waals surface area contributed by atoms with Crippen molar-refractivity contribution in [1.29, 1.82) is 0 Å². The Balaban J connectivity index is 1.41. The van der Waals surface area contributed by atoms with E-state index in [1.807, 2.05) is 23.1 Å². The van der Waals surface area contributed by atoms with Crippen molar-refractivity contribution < 1.29 is 22.7 Å². The number of pyridine rings is 1. The molecule has 5 rings (SSSR count). The van der Waals surface area contributed by atoms with Crippen molar-refractivity contribution >= 4 is 5.91 Å². The van der Waals surface area contributed by atoms with Gasteiger partial charge in [0, 0.05) is 36.3 Å². The molecule has 2 aliphatic rings. The Morgan fingerprint density at radius 3 is 2.50 bits per heavy atom. The van der Waals surface area contributed by atoms with Crippen LogP contribution in [-0.4, -0.2) is 43.9 Å². The molecule has 2 bridgehead atoms. The second kappa shape index (κ2) is 8.70. The van der Waals surface area contributed by atoms with Crippen molar-refractivity contribution in [2.75, 3.05) is 0 Å². The van der Waals surface area contributed by atoms with Crippen LogP contribution in [-0.2, 0) is 6.18 Å². The van der Waals surface area contributed by atoms with E-state index in [1.54, 1.807) is 24.5 Å². The third kappa shape index (κ3) is 3.99. The second-order valence-electron chi connectivity index (χ2n) is 8.64. The number of nitrogens with zero attached hydrogens (tertiary/aromatic N) is 4. The maximum absolute atomic E-state index is 13.8. The topological polar surface area (TPSA) is 68.2 Å². The third-order valence-electron chi connectivity index (χ3n) is 6.72. The van der Waals surface area contributed by atoms with Crippen LogP contribution in [0, 0.1) is 5.92 Å². The zero-order valence-electron chi connectivity index (χ0n) is 18.4. The molecule has 1 saturated heterocycles. The molecule has 1 aliphatic carbocycles. The molecule has 6 nitrogen and oxygen atoms in total. The number of carbonyl (C=O) groups excluding carboxylic acids is 1. The fourth-order valence-electron chi connectivity index (χ4n) is 5.27. The van der Waals surface area contributed by atoms with Crippen LogP contribution < -0.4 is 4.74 Å². The van der Waals surface area contributed by atoms with Crippen molar-refractivity contribution in [1.82, 2.24) is 19.9 Å². The summed E-state index contributed by atoms with van der Waals surface area (Å²) in [4.78, 5) is 28.2. The summed E-state index contributed by atoms with van der Waals surface area (Å²) in [5.74, 6) is 0.754. The number of hydrogen-bond acceptors (Lipinski definition) is 5. The summed E-state index contributed by atoms with van der Waals surface area (Å²) < 4.78 is 44.6. The Kier molecular flexibility index (Phi) is 5.71. The van der Waals surface area contributed by atoms with Gasteiger partial charge in [0.15, 0.2) is 5.82 Å². The zero-order valence-corrected chi connectivity index (χ0v) is 18.4. The fourth-order valence-corrected chi connectivity index (χ4v) is 5.27. The molecule has 0 unspecified atom stereocenters. The molecule has 176 valence electrons. The van der Waals surface area contributed by atoms with E-state index in [2.05, 4.69) is 21.9 Å². The standard InChI is InChI=1S/C25H23F3N4O2/c1-2-19-15-12-20(21(13-15)34-22-9-8-16(14-31-22)25(26,27)28)32(19)24(33)18-7-4-3-6-17(18)23-29-10-5-11-30-23/h3-11,14-15,19-21H,2,12-13H2,1H3/t15-,19-,20+,21-/m1/s1. The molecule has 1 amide bonds. The number of aromatic nitrogens is 3. The number of amides is 1. The first-order chi connectivity index (χ1) is 16.4. The van der Waals surface area contributed by atoms with E-state index in [0.717, 1.165) is 31.5 Å². The lowest BCUT2D eigenvalue weighted by molar-refractivity contribution is -0.137. The van der Waals surface area contributed by atoms with Gasteiger partial charge in [0.2, 0.25) is 5.88 Å². The van der Waals surface area contributed by atoms with Crippen LogP contribution in [0.3, 0.4) is 0 Å². The number of fused-ring (bicyclic) bond motifs is 2. The van der Waals surface area contributed by atoms with Gasteiger partial charge in [0.05, 0.1) is 17.2 Å². The molecule has 1 aromatic carbocycles. The van der Waals surface area contributed by atoms with Crippen LogP contribution in [0.5, 0.6) is 5.88 Å². The molecule has 2 fully saturated rings. The quantitative estimate of drug-likeness (QED) is 0.526. The lowest BCUT2D eigenvalue weighted by Crippen LogP contribution is -2.52. The van der Waals surface area contributed by atoms with Crippen molar-refractivity contribution in [3.63, 3.8) is 0 Å². The minimum atomic E-state index is -4.45. The summed E-state index contributed by atoms with van der Waals surface area (Å²) in [5.41, 5.74) is 0.356. The Morgan fingerprint density at radius 1 is 1.06 bits per heavy atom. The molecular formula is C25H23F3N4O2. The van der Waals surface area contributed by atoms with Gasteiger partial charge in [0.1, 0.15) is 6.10 Å². The van der Waals surface area contributed by atoms with Gasteiger partial charge >= 0.3 is 6.18 Å². The van der Waals surface area contributed by atoms with Crippen molar-refractivity contribution in [3.8, 4) is 17.3 Å². The molecular weight excluding hydrogens is 445 g/mol. The van der Waals surface area contributed by atoms with Crippen molar-refractivity contribution in [2.24, 2.45) is 5.92 Å². The van der Waals surface area contributed by atoms with Crippen molar-refractivity contribution in [3.05, 3.63) is 72.2 Å². The number of carbonyl (C=O) groups is 1. The van der Waals surface area contributed by atoms with Crippen LogP contribution in [0.2, 0.25) is 0 Å². The van der Waals surface area contributed by atoms with E-state index in [4.69, 9.17) is 4.74 Å². The highest BCUT2D eigenvalue weighted by Gasteiger charge is 2.54. The van der Waals surface area contributed by atoms with Gasteiger partial charge < -0.3 is 9.64 Å². The number of halogens is 3. The van der Waals surface area contributed by atoms with Gasteiger partial charge in [-0.2, -0.15) is 13.2 Å². The van der Waals surface area contributed by atoms with Gasteiger partial charge in [-0.25, -0.2) is 15.0 Å². The smallest absolute Gasteiger partial charge is 0.417 e. The first kappa shape index (κ1) is 22.3. The summed E-state index contributed by atoms with van der Waals surface area (Å²) in [5, 5.41) is 0. The predicted molar refractivity (Wildman–Crippen MR) is 118 cm³/mol. The average Bonchev–Trinajstić information content (AvgIpc) is 3.42. The maximum Gasteiger partial charge on any atom is 0.417 e. The Hall–Kier alpha value is -3.49. The minimum Gasteiger partial charge on any atom is -0.472 e. The highest BCUT2D eigenvalue weighted by Crippen LogP contribution is 2.46. The lowest BCUT2D eigenvalue weighted by atomic mass is 9.94. The normalized spacial score (nSPS) is 23.8. The molecule has 0 N–H and O–H groups in total. The molecule has 3 aromatic rings. The number of rotatable bonds is 5. The van der Waals surface area contributed by atoms with Gasteiger partial charge in [-0.3, -0.25) is 4.79 Å². The maximum atomic E-state index is 13.8. The van der Waals surface area contributed by atoms with E-state index in [1.165, 1.54) is 6.07 Å². The first-order valence-electron chi connectivity index (χ1n) is 11.3. The molecule has 0 radical (unpaired) electrons.